The van der Waals surface area contributed by atoms with Gasteiger partial charge < -0.3 is 20.1 Å². The Kier molecular flexibility index (Phi) is 20.1. The molecule has 2 amide bonds. The molecule has 150 valence electrons. The lowest BCUT2D eigenvalue weighted by molar-refractivity contribution is -0.143. The molecule has 0 saturated heterocycles. The fourth-order valence-electron chi connectivity index (χ4n) is 1.45. The fourth-order valence-corrected chi connectivity index (χ4v) is 1.92. The van der Waals surface area contributed by atoms with Gasteiger partial charge in [0.25, 0.3) is 0 Å². The lowest BCUT2D eigenvalue weighted by atomic mass is 10.2. The number of thioether (sulfide) groups is 1. The average Bonchev–Trinajstić information content (AvgIpc) is 2.49. The van der Waals surface area contributed by atoms with Crippen LogP contribution in [-0.4, -0.2) is 61.0 Å². The van der Waals surface area contributed by atoms with E-state index >= 15 is 0 Å². The van der Waals surface area contributed by atoms with E-state index in [4.69, 9.17) is 9.47 Å². The van der Waals surface area contributed by atoms with Crippen molar-refractivity contribution in [3.63, 3.8) is 0 Å². The van der Waals surface area contributed by atoms with Crippen LogP contribution in [0.25, 0.3) is 0 Å². The van der Waals surface area contributed by atoms with Crippen LogP contribution >= 0.6 is 48.4 Å². The fraction of sp³-hybridized carbons (Fsp3) is 0.800. The molecule has 2 N–H and O–H groups in total. The highest BCUT2D eigenvalue weighted by molar-refractivity contribution is 14.0. The zero-order valence-electron chi connectivity index (χ0n) is 15.7. The van der Waals surface area contributed by atoms with Crippen LogP contribution in [0.1, 0.15) is 34.1 Å². The molecule has 0 heterocycles. The van der Waals surface area contributed by atoms with Gasteiger partial charge in [0.1, 0.15) is 18.2 Å². The summed E-state index contributed by atoms with van der Waals surface area (Å²) < 4.78 is 9.86. The third kappa shape index (κ3) is 18.2. The van der Waals surface area contributed by atoms with E-state index in [0.717, 1.165) is 0 Å². The molecule has 0 unspecified atom stereocenters. The normalized spacial score (nSPS) is 11.0. The van der Waals surface area contributed by atoms with Crippen molar-refractivity contribution < 1.29 is 23.9 Å². The summed E-state index contributed by atoms with van der Waals surface area (Å²) in [6.45, 7) is 6.93. The molecule has 1 atom stereocenters. The zero-order chi connectivity index (χ0) is 19.2. The number of amides is 2. The Labute approximate surface area is 177 Å². The Bertz CT molecular complexity index is 393. The maximum Gasteiger partial charge on any atom is 0.408 e. The molecule has 0 aliphatic rings. The van der Waals surface area contributed by atoms with E-state index in [1.165, 1.54) is 0 Å². The first-order valence-electron chi connectivity index (χ1n) is 7.56. The Morgan fingerprint density at radius 1 is 1.20 bits per heavy atom. The summed E-state index contributed by atoms with van der Waals surface area (Å²) in [6.07, 6.45) is 3.38. The summed E-state index contributed by atoms with van der Waals surface area (Å²) in [5.74, 6) is -0.266. The highest BCUT2D eigenvalue weighted by Crippen LogP contribution is 2.08. The molecule has 0 aromatic rings. The van der Waals surface area contributed by atoms with E-state index < -0.39 is 29.6 Å². The molecule has 0 aromatic carbocycles. The van der Waals surface area contributed by atoms with E-state index in [-0.39, 0.29) is 37.1 Å². The van der Waals surface area contributed by atoms with E-state index in [2.05, 4.69) is 23.3 Å². The van der Waals surface area contributed by atoms with Crippen molar-refractivity contribution in [2.45, 2.75) is 45.8 Å². The third-order valence-corrected chi connectivity index (χ3v) is 2.97. The van der Waals surface area contributed by atoms with E-state index in [1.807, 2.05) is 6.26 Å². The van der Waals surface area contributed by atoms with Crippen molar-refractivity contribution in [1.82, 2.24) is 10.6 Å². The van der Waals surface area contributed by atoms with Crippen molar-refractivity contribution in [2.24, 2.45) is 0 Å². The second-order valence-corrected chi connectivity index (χ2v) is 6.49. The first kappa shape index (κ1) is 29.4. The highest BCUT2D eigenvalue weighted by Gasteiger charge is 2.24. The molecule has 0 rings (SSSR count). The van der Waals surface area contributed by atoms with Gasteiger partial charge in [-0.3, -0.25) is 9.59 Å². The molecule has 0 fully saturated rings. The summed E-state index contributed by atoms with van der Waals surface area (Å²) in [5, 5.41) is 4.98. The number of hydrogen-bond acceptors (Lipinski definition) is 7. The number of esters is 1. The summed E-state index contributed by atoms with van der Waals surface area (Å²) in [4.78, 5) is 35.1. The Morgan fingerprint density at radius 2 is 1.76 bits per heavy atom. The third-order valence-electron chi connectivity index (χ3n) is 2.33. The molecule has 0 radical (unpaired) electrons. The highest BCUT2D eigenvalue weighted by atomic mass is 127. The van der Waals surface area contributed by atoms with Gasteiger partial charge in [0.2, 0.25) is 5.91 Å². The maximum absolute atomic E-state index is 12.1. The molecule has 0 aliphatic heterocycles. The van der Waals surface area contributed by atoms with Crippen LogP contribution in [0.2, 0.25) is 0 Å². The summed E-state index contributed by atoms with van der Waals surface area (Å²) >= 11 is 5.08. The topological polar surface area (TPSA) is 93.7 Å². The molecule has 0 aromatic heterocycles. The second kappa shape index (κ2) is 17.1. The number of halogens is 1. The van der Waals surface area contributed by atoms with Crippen molar-refractivity contribution in [3.8, 4) is 0 Å². The van der Waals surface area contributed by atoms with Crippen molar-refractivity contribution in [1.29, 1.82) is 0 Å². The molecule has 0 bridgehead atoms. The number of hydrogen-bond donors (Lipinski definition) is 3. The molecule has 10 heteroatoms. The maximum atomic E-state index is 12.1. The van der Waals surface area contributed by atoms with Crippen LogP contribution in [0.4, 0.5) is 4.79 Å². The average molecular weight is 510 g/mol. The van der Waals surface area contributed by atoms with Crippen molar-refractivity contribution >= 4 is 66.3 Å². The predicted molar refractivity (Wildman–Crippen MR) is 116 cm³/mol. The largest absolute Gasteiger partial charge is 0.465 e. The smallest absolute Gasteiger partial charge is 0.408 e. The van der Waals surface area contributed by atoms with E-state index in [9.17, 15) is 14.4 Å². The van der Waals surface area contributed by atoms with Gasteiger partial charge in [-0.2, -0.15) is 24.4 Å². The van der Waals surface area contributed by atoms with E-state index in [1.54, 1.807) is 45.7 Å². The van der Waals surface area contributed by atoms with Crippen LogP contribution in [0.3, 0.4) is 0 Å². The minimum absolute atomic E-state index is 0. The lowest BCUT2D eigenvalue weighted by Gasteiger charge is -2.23. The molecule has 0 saturated carbocycles. The SMILES string of the molecule is CCOC(=O)CNC(=O)[C@H](CCSC)NC(=O)OC(C)(C)C.CS.I. The summed E-state index contributed by atoms with van der Waals surface area (Å²) in [6, 6.07) is -0.753. The molecular weight excluding hydrogens is 479 g/mol. The number of nitrogens with one attached hydrogen (secondary N) is 2. The monoisotopic (exact) mass is 510 g/mol. The van der Waals surface area contributed by atoms with Crippen LogP contribution in [0, 0.1) is 0 Å². The predicted octanol–water partition coefficient (Wildman–Crippen LogP) is 2.48. The van der Waals surface area contributed by atoms with Crippen LogP contribution in [-0.2, 0) is 19.1 Å². The minimum atomic E-state index is -0.753. The van der Waals surface area contributed by atoms with E-state index in [0.29, 0.717) is 12.2 Å². The first-order chi connectivity index (χ1) is 11.2. The molecule has 0 aliphatic carbocycles. The number of thiol groups is 1. The Morgan fingerprint density at radius 3 is 2.20 bits per heavy atom. The standard InChI is InChI=1S/C14H26N2O5S.CH4S.HI/c1-6-20-11(17)9-15-12(18)10(7-8-22-5)16-13(19)21-14(2,3)4;1-2;/h10H,6-9H2,1-5H3,(H,15,18)(H,16,19);2H,1H3;1H/t10-;;/m0../s1. The van der Waals surface area contributed by atoms with Gasteiger partial charge in [-0.15, -0.1) is 24.0 Å². The van der Waals surface area contributed by atoms with Gasteiger partial charge in [-0.05, 0) is 52.4 Å². The molecule has 0 spiro atoms. The quantitative estimate of drug-likeness (QED) is 0.264. The van der Waals surface area contributed by atoms with Crippen LogP contribution < -0.4 is 10.6 Å². The first-order valence-corrected chi connectivity index (χ1v) is 9.85. The van der Waals surface area contributed by atoms with Gasteiger partial charge in [-0.1, -0.05) is 0 Å². The number of carbonyl (C=O) groups is 3. The minimum Gasteiger partial charge on any atom is -0.465 e. The zero-order valence-corrected chi connectivity index (χ0v) is 19.8. The Hall–Kier alpha value is -0.360. The molecule has 25 heavy (non-hydrogen) atoms. The van der Waals surface area contributed by atoms with Crippen LogP contribution in [0.15, 0.2) is 0 Å². The van der Waals surface area contributed by atoms with Crippen LogP contribution in [0.5, 0.6) is 0 Å². The Balaban J connectivity index is -0.00000155. The van der Waals surface area contributed by atoms with Crippen molar-refractivity contribution in [2.75, 3.05) is 31.4 Å². The number of alkyl carbamates (subject to hydrolysis) is 1. The van der Waals surface area contributed by atoms with Crippen molar-refractivity contribution in [3.05, 3.63) is 0 Å². The van der Waals surface area contributed by atoms with Gasteiger partial charge in [0.15, 0.2) is 0 Å². The number of rotatable bonds is 8. The lowest BCUT2D eigenvalue weighted by Crippen LogP contribution is -2.49. The second-order valence-electron chi connectivity index (χ2n) is 5.50. The number of ether oxygens (including phenoxy) is 2. The summed E-state index contributed by atoms with van der Waals surface area (Å²) in [7, 11) is 0. The molecular formula is C15H31IN2O5S2. The summed E-state index contributed by atoms with van der Waals surface area (Å²) in [5.41, 5.74) is -0.643. The molecule has 7 nitrogen and oxygen atoms in total. The van der Waals surface area contributed by atoms with Gasteiger partial charge in [0, 0.05) is 0 Å². The van der Waals surface area contributed by atoms with Gasteiger partial charge in [0.05, 0.1) is 6.61 Å². The van der Waals surface area contributed by atoms with Gasteiger partial charge >= 0.3 is 12.1 Å². The van der Waals surface area contributed by atoms with Gasteiger partial charge in [-0.25, -0.2) is 4.79 Å². The number of carbonyl (C=O) groups excluding carboxylic acids is 3.